The number of benzene rings is 1. The average Bonchev–Trinajstić information content (AvgIpc) is 2.70. The maximum Gasteiger partial charge on any atom is 0.339 e. The number of rotatable bonds is 15. The molecule has 0 heterocycles. The molecule has 0 radical (unpaired) electrons. The van der Waals surface area contributed by atoms with Crippen LogP contribution < -0.4 is 0 Å². The molecule has 5 nitrogen and oxygen atoms in total. The van der Waals surface area contributed by atoms with E-state index in [4.69, 9.17) is 4.74 Å². The van der Waals surface area contributed by atoms with E-state index >= 15 is 0 Å². The number of unbranched alkanes of at least 4 members (excludes halogenated alkanes) is 6. The number of carboxylic acid groups (broad SMARTS) is 1. The van der Waals surface area contributed by atoms with Gasteiger partial charge in [-0.15, -0.1) is 0 Å². The van der Waals surface area contributed by atoms with E-state index in [1.165, 1.54) is 44.2 Å². The van der Waals surface area contributed by atoms with Gasteiger partial charge in [0.15, 0.2) is 0 Å². The highest BCUT2D eigenvalue weighted by Gasteiger charge is 2.21. The summed E-state index contributed by atoms with van der Waals surface area (Å²) in [6, 6.07) is 6.12. The second kappa shape index (κ2) is 14.2. The zero-order valence-corrected chi connectivity index (χ0v) is 17.4. The van der Waals surface area contributed by atoms with Gasteiger partial charge >= 0.3 is 11.9 Å². The normalized spacial score (nSPS) is 13.1. The molecule has 5 heteroatoms. The Bertz CT molecular complexity index is 584. The van der Waals surface area contributed by atoms with Gasteiger partial charge in [0.1, 0.15) is 6.10 Å². The zero-order valence-electron chi connectivity index (χ0n) is 17.4. The first-order chi connectivity index (χ1) is 13.5. The molecular weight excluding hydrogens is 356 g/mol. The number of aliphatic hydroxyl groups is 1. The smallest absolute Gasteiger partial charge is 0.339 e. The maximum absolute atomic E-state index is 12.6. The highest BCUT2D eigenvalue weighted by molar-refractivity contribution is 6.02. The molecule has 1 aromatic carbocycles. The highest BCUT2D eigenvalue weighted by Crippen LogP contribution is 2.19. The topological polar surface area (TPSA) is 83.8 Å². The summed E-state index contributed by atoms with van der Waals surface area (Å²) in [5.41, 5.74) is 0.0337. The van der Waals surface area contributed by atoms with Crippen molar-refractivity contribution >= 4 is 11.9 Å². The fourth-order valence-electron chi connectivity index (χ4n) is 3.24. The molecule has 1 aromatic rings. The largest absolute Gasteiger partial charge is 0.478 e. The Hall–Kier alpha value is -1.88. The van der Waals surface area contributed by atoms with Crippen molar-refractivity contribution in [1.82, 2.24) is 0 Å². The molecule has 2 N–H and O–H groups in total. The number of hydrogen-bond donors (Lipinski definition) is 2. The second-order valence-corrected chi connectivity index (χ2v) is 7.43. The Labute approximate surface area is 169 Å². The van der Waals surface area contributed by atoms with Crippen molar-refractivity contribution in [2.24, 2.45) is 0 Å². The molecule has 1 rings (SSSR count). The summed E-state index contributed by atoms with van der Waals surface area (Å²) in [6.07, 6.45) is 10.1. The summed E-state index contributed by atoms with van der Waals surface area (Å²) in [7, 11) is 0. The van der Waals surface area contributed by atoms with Crippen LogP contribution in [-0.2, 0) is 4.74 Å². The monoisotopic (exact) mass is 392 g/mol. The third-order valence-corrected chi connectivity index (χ3v) is 5.07. The SMILES string of the molecule is CCCCCCCCCC(CCC(O)CC)OC(=O)c1ccccc1C(=O)O. The molecule has 2 atom stereocenters. The fourth-order valence-corrected chi connectivity index (χ4v) is 3.24. The molecule has 0 fully saturated rings. The molecular formula is C23H36O5. The van der Waals surface area contributed by atoms with Crippen molar-refractivity contribution in [3.05, 3.63) is 35.4 Å². The van der Waals surface area contributed by atoms with Crippen molar-refractivity contribution in [3.8, 4) is 0 Å². The molecule has 0 aliphatic heterocycles. The number of hydrogen-bond acceptors (Lipinski definition) is 4. The van der Waals surface area contributed by atoms with E-state index < -0.39 is 18.0 Å². The minimum absolute atomic E-state index is 0.0456. The molecule has 158 valence electrons. The van der Waals surface area contributed by atoms with Gasteiger partial charge in [-0.3, -0.25) is 0 Å². The van der Waals surface area contributed by atoms with E-state index in [0.29, 0.717) is 19.3 Å². The van der Waals surface area contributed by atoms with Crippen molar-refractivity contribution in [1.29, 1.82) is 0 Å². The van der Waals surface area contributed by atoms with E-state index in [2.05, 4.69) is 6.92 Å². The highest BCUT2D eigenvalue weighted by atomic mass is 16.5. The lowest BCUT2D eigenvalue weighted by atomic mass is 10.0. The second-order valence-electron chi connectivity index (χ2n) is 7.43. The van der Waals surface area contributed by atoms with Crippen LogP contribution in [0.15, 0.2) is 24.3 Å². The average molecular weight is 393 g/mol. The number of aliphatic hydroxyl groups excluding tert-OH is 1. The summed E-state index contributed by atoms with van der Waals surface area (Å²) in [6.45, 7) is 4.12. The standard InChI is InChI=1S/C23H36O5/c1-3-5-6-7-8-9-10-13-19(17-16-18(24)4-2)28-23(27)21-15-12-11-14-20(21)22(25)26/h11-12,14-15,18-19,24H,3-10,13,16-17H2,1-2H3,(H,25,26). The van der Waals surface area contributed by atoms with Gasteiger partial charge in [0.2, 0.25) is 0 Å². The zero-order chi connectivity index (χ0) is 20.8. The van der Waals surface area contributed by atoms with E-state index in [-0.39, 0.29) is 17.2 Å². The quantitative estimate of drug-likeness (QED) is 0.300. The van der Waals surface area contributed by atoms with Crippen molar-refractivity contribution in [2.75, 3.05) is 0 Å². The summed E-state index contributed by atoms with van der Waals surface area (Å²) >= 11 is 0. The molecule has 0 bridgehead atoms. The minimum Gasteiger partial charge on any atom is -0.478 e. The van der Waals surface area contributed by atoms with Crippen LogP contribution in [0.3, 0.4) is 0 Å². The van der Waals surface area contributed by atoms with E-state index in [0.717, 1.165) is 19.3 Å². The first-order valence-corrected chi connectivity index (χ1v) is 10.7. The summed E-state index contributed by atoms with van der Waals surface area (Å²) in [5, 5.41) is 19.1. The number of carbonyl (C=O) groups excluding carboxylic acids is 1. The minimum atomic E-state index is -1.14. The van der Waals surface area contributed by atoms with Gasteiger partial charge in [0.25, 0.3) is 0 Å². The first kappa shape index (κ1) is 24.2. The lowest BCUT2D eigenvalue weighted by molar-refractivity contribution is 0.0204. The number of ether oxygens (including phenoxy) is 1. The maximum atomic E-state index is 12.6. The van der Waals surface area contributed by atoms with Crippen LogP contribution in [0.25, 0.3) is 0 Å². The van der Waals surface area contributed by atoms with Gasteiger partial charge in [0, 0.05) is 0 Å². The Morgan fingerprint density at radius 1 is 0.893 bits per heavy atom. The molecule has 28 heavy (non-hydrogen) atoms. The molecule has 2 unspecified atom stereocenters. The fraction of sp³-hybridized carbons (Fsp3) is 0.652. The Morgan fingerprint density at radius 3 is 2.11 bits per heavy atom. The van der Waals surface area contributed by atoms with E-state index in [9.17, 15) is 19.8 Å². The third kappa shape index (κ3) is 9.36. The van der Waals surface area contributed by atoms with Gasteiger partial charge < -0.3 is 14.9 Å². The lowest BCUT2D eigenvalue weighted by Crippen LogP contribution is -2.22. The number of carboxylic acids is 1. The Balaban J connectivity index is 2.61. The van der Waals surface area contributed by atoms with E-state index in [1.54, 1.807) is 12.1 Å². The Morgan fingerprint density at radius 2 is 1.50 bits per heavy atom. The number of aromatic carboxylic acids is 1. The van der Waals surface area contributed by atoms with Crippen LogP contribution in [-0.4, -0.2) is 34.4 Å². The van der Waals surface area contributed by atoms with Crippen LogP contribution in [0.1, 0.15) is 105 Å². The number of esters is 1. The van der Waals surface area contributed by atoms with Crippen LogP contribution in [0.2, 0.25) is 0 Å². The van der Waals surface area contributed by atoms with Crippen LogP contribution in [0, 0.1) is 0 Å². The van der Waals surface area contributed by atoms with Gasteiger partial charge in [-0.2, -0.15) is 0 Å². The van der Waals surface area contributed by atoms with Crippen LogP contribution >= 0.6 is 0 Å². The molecule has 0 aliphatic rings. The van der Waals surface area contributed by atoms with Gasteiger partial charge in [-0.25, -0.2) is 9.59 Å². The predicted octanol–water partition coefficient (Wildman–Crippen LogP) is 5.60. The van der Waals surface area contributed by atoms with E-state index in [1.807, 2.05) is 6.92 Å². The predicted molar refractivity (Wildman–Crippen MR) is 111 cm³/mol. The summed E-state index contributed by atoms with van der Waals surface area (Å²) < 4.78 is 5.65. The Kier molecular flexibility index (Phi) is 12.2. The van der Waals surface area contributed by atoms with Crippen molar-refractivity contribution < 1.29 is 24.5 Å². The summed E-state index contributed by atoms with van der Waals surface area (Å²) in [4.78, 5) is 23.9. The molecule has 0 saturated heterocycles. The van der Waals surface area contributed by atoms with Gasteiger partial charge in [-0.1, -0.05) is 64.5 Å². The van der Waals surface area contributed by atoms with Gasteiger partial charge in [-0.05, 0) is 44.2 Å². The molecule has 0 amide bonds. The lowest BCUT2D eigenvalue weighted by Gasteiger charge is -2.20. The molecule has 0 aliphatic carbocycles. The summed E-state index contributed by atoms with van der Waals surface area (Å²) in [5.74, 6) is -1.74. The number of carbonyl (C=O) groups is 2. The molecule has 0 aromatic heterocycles. The van der Waals surface area contributed by atoms with Crippen LogP contribution in [0.5, 0.6) is 0 Å². The molecule has 0 spiro atoms. The van der Waals surface area contributed by atoms with Crippen LogP contribution in [0.4, 0.5) is 0 Å². The van der Waals surface area contributed by atoms with Crippen molar-refractivity contribution in [2.45, 2.75) is 96.7 Å². The molecule has 0 saturated carbocycles. The van der Waals surface area contributed by atoms with Crippen molar-refractivity contribution in [3.63, 3.8) is 0 Å². The van der Waals surface area contributed by atoms with Gasteiger partial charge in [0.05, 0.1) is 17.2 Å². The first-order valence-electron chi connectivity index (χ1n) is 10.7. The third-order valence-electron chi connectivity index (χ3n) is 5.07.